The molecule has 3 nitrogen and oxygen atoms in total. The number of piperidine rings is 1. The van der Waals surface area contributed by atoms with Crippen LogP contribution < -0.4 is 5.32 Å². The van der Waals surface area contributed by atoms with Crippen LogP contribution in [0.3, 0.4) is 0 Å². The SMILES string of the molecule is CC1CC(NC(=O)c2ccc(F)c(S)c2)CCN1C. The van der Waals surface area contributed by atoms with E-state index in [1.165, 1.54) is 18.2 Å². The first-order valence-corrected chi connectivity index (χ1v) is 6.91. The summed E-state index contributed by atoms with van der Waals surface area (Å²) in [4.78, 5) is 14.6. The minimum Gasteiger partial charge on any atom is -0.349 e. The number of carbonyl (C=O) groups excluding carboxylic acids is 1. The fourth-order valence-corrected chi connectivity index (χ4v) is 2.56. The van der Waals surface area contributed by atoms with Crippen molar-refractivity contribution in [2.75, 3.05) is 13.6 Å². The number of carbonyl (C=O) groups is 1. The predicted molar refractivity (Wildman–Crippen MR) is 76.2 cm³/mol. The summed E-state index contributed by atoms with van der Waals surface area (Å²) in [6.45, 7) is 3.13. The van der Waals surface area contributed by atoms with Gasteiger partial charge in [-0.3, -0.25) is 4.79 Å². The van der Waals surface area contributed by atoms with Crippen LogP contribution >= 0.6 is 12.6 Å². The molecule has 1 aromatic rings. The third-order valence-electron chi connectivity index (χ3n) is 3.75. The molecule has 0 bridgehead atoms. The van der Waals surface area contributed by atoms with Crippen LogP contribution in [0.4, 0.5) is 4.39 Å². The molecule has 0 aliphatic carbocycles. The molecule has 1 aliphatic rings. The van der Waals surface area contributed by atoms with Gasteiger partial charge in [-0.1, -0.05) is 0 Å². The molecule has 5 heteroatoms. The number of thiol groups is 1. The monoisotopic (exact) mass is 282 g/mol. The van der Waals surface area contributed by atoms with E-state index in [9.17, 15) is 9.18 Å². The molecule has 1 saturated heterocycles. The van der Waals surface area contributed by atoms with Gasteiger partial charge in [-0.05, 0) is 45.0 Å². The molecule has 0 spiro atoms. The fourth-order valence-electron chi connectivity index (χ4n) is 2.34. The molecule has 0 aromatic heterocycles. The maximum atomic E-state index is 13.1. The summed E-state index contributed by atoms with van der Waals surface area (Å²) in [6, 6.07) is 4.88. The maximum Gasteiger partial charge on any atom is 0.251 e. The minimum atomic E-state index is -0.409. The summed E-state index contributed by atoms with van der Waals surface area (Å²) in [5.74, 6) is -0.565. The third-order valence-corrected chi connectivity index (χ3v) is 4.09. The number of amides is 1. The zero-order valence-electron chi connectivity index (χ0n) is 11.2. The summed E-state index contributed by atoms with van der Waals surface area (Å²) in [6.07, 6.45) is 1.89. The van der Waals surface area contributed by atoms with Gasteiger partial charge in [-0.2, -0.15) is 0 Å². The van der Waals surface area contributed by atoms with Crippen molar-refractivity contribution < 1.29 is 9.18 Å². The Morgan fingerprint density at radius 3 is 2.89 bits per heavy atom. The van der Waals surface area contributed by atoms with Crippen molar-refractivity contribution in [1.82, 2.24) is 10.2 Å². The Kier molecular flexibility index (Phi) is 4.47. The Morgan fingerprint density at radius 2 is 2.26 bits per heavy atom. The van der Waals surface area contributed by atoms with Crippen molar-refractivity contribution in [3.63, 3.8) is 0 Å². The Bertz CT molecular complexity index is 481. The van der Waals surface area contributed by atoms with Crippen LogP contribution in [-0.4, -0.2) is 36.5 Å². The van der Waals surface area contributed by atoms with Gasteiger partial charge in [0.15, 0.2) is 0 Å². The molecule has 19 heavy (non-hydrogen) atoms. The van der Waals surface area contributed by atoms with Crippen molar-refractivity contribution in [2.45, 2.75) is 36.7 Å². The van der Waals surface area contributed by atoms with Gasteiger partial charge in [0.2, 0.25) is 0 Å². The molecule has 0 radical (unpaired) electrons. The molecule has 1 fully saturated rings. The lowest BCUT2D eigenvalue weighted by Gasteiger charge is -2.35. The van der Waals surface area contributed by atoms with Crippen LogP contribution in [0.5, 0.6) is 0 Å². The molecule has 1 aliphatic heterocycles. The Balaban J connectivity index is 1.99. The third kappa shape index (κ3) is 3.48. The number of likely N-dealkylation sites (tertiary alicyclic amines) is 1. The quantitative estimate of drug-likeness (QED) is 0.816. The van der Waals surface area contributed by atoms with Gasteiger partial charge in [0.05, 0.1) is 0 Å². The largest absolute Gasteiger partial charge is 0.349 e. The summed E-state index contributed by atoms with van der Waals surface area (Å²) < 4.78 is 13.1. The Labute approximate surface area is 118 Å². The first-order valence-electron chi connectivity index (χ1n) is 6.47. The molecule has 2 unspecified atom stereocenters. The first kappa shape index (κ1) is 14.3. The van der Waals surface area contributed by atoms with Gasteiger partial charge in [0.1, 0.15) is 5.82 Å². The normalized spacial score (nSPS) is 24.2. The van der Waals surface area contributed by atoms with E-state index in [2.05, 4.69) is 36.8 Å². The second-order valence-electron chi connectivity index (χ2n) is 5.19. The second kappa shape index (κ2) is 5.92. The van der Waals surface area contributed by atoms with Crippen molar-refractivity contribution in [1.29, 1.82) is 0 Å². The van der Waals surface area contributed by atoms with Gasteiger partial charge < -0.3 is 10.2 Å². The molecular weight excluding hydrogens is 263 g/mol. The molecule has 2 rings (SSSR count). The lowest BCUT2D eigenvalue weighted by molar-refractivity contribution is 0.0896. The molecule has 2 atom stereocenters. The number of benzene rings is 1. The Morgan fingerprint density at radius 1 is 1.53 bits per heavy atom. The fraction of sp³-hybridized carbons (Fsp3) is 0.500. The van der Waals surface area contributed by atoms with Crippen molar-refractivity contribution in [2.24, 2.45) is 0 Å². The van der Waals surface area contributed by atoms with E-state index in [1.54, 1.807) is 0 Å². The molecule has 1 amide bonds. The van der Waals surface area contributed by atoms with Crippen LogP contribution in [0.2, 0.25) is 0 Å². The van der Waals surface area contributed by atoms with Gasteiger partial charge in [-0.15, -0.1) is 12.6 Å². The number of hydrogen-bond donors (Lipinski definition) is 2. The molecule has 0 saturated carbocycles. The molecule has 1 N–H and O–H groups in total. The number of nitrogens with one attached hydrogen (secondary N) is 1. The zero-order chi connectivity index (χ0) is 14.0. The van der Waals surface area contributed by atoms with Crippen LogP contribution in [0.15, 0.2) is 23.1 Å². The predicted octanol–water partition coefficient (Wildman–Crippen LogP) is 2.33. The summed E-state index contributed by atoms with van der Waals surface area (Å²) in [7, 11) is 2.09. The van der Waals surface area contributed by atoms with E-state index in [0.29, 0.717) is 11.6 Å². The highest BCUT2D eigenvalue weighted by atomic mass is 32.1. The molecule has 1 heterocycles. The van der Waals surface area contributed by atoms with Gasteiger partial charge in [0.25, 0.3) is 5.91 Å². The molecule has 104 valence electrons. The smallest absolute Gasteiger partial charge is 0.251 e. The van der Waals surface area contributed by atoms with Crippen LogP contribution in [0.25, 0.3) is 0 Å². The average Bonchev–Trinajstić information content (AvgIpc) is 2.37. The lowest BCUT2D eigenvalue weighted by Crippen LogP contribution is -2.47. The van der Waals surface area contributed by atoms with Crippen molar-refractivity contribution in [3.8, 4) is 0 Å². The molecule has 1 aromatic carbocycles. The van der Waals surface area contributed by atoms with E-state index in [-0.39, 0.29) is 16.8 Å². The summed E-state index contributed by atoms with van der Waals surface area (Å²) >= 11 is 3.99. The number of nitrogens with zero attached hydrogens (tertiary/aromatic N) is 1. The number of hydrogen-bond acceptors (Lipinski definition) is 3. The summed E-state index contributed by atoms with van der Waals surface area (Å²) in [5.41, 5.74) is 0.456. The topological polar surface area (TPSA) is 32.3 Å². The zero-order valence-corrected chi connectivity index (χ0v) is 12.1. The van der Waals surface area contributed by atoms with Gasteiger partial charge in [0, 0.05) is 29.1 Å². The molecular formula is C14H19FN2OS. The number of halogens is 1. The van der Waals surface area contributed by atoms with E-state index >= 15 is 0 Å². The average molecular weight is 282 g/mol. The van der Waals surface area contributed by atoms with Crippen LogP contribution in [0.1, 0.15) is 30.1 Å². The maximum absolute atomic E-state index is 13.1. The van der Waals surface area contributed by atoms with E-state index in [0.717, 1.165) is 19.4 Å². The lowest BCUT2D eigenvalue weighted by atomic mass is 9.98. The number of rotatable bonds is 2. The minimum absolute atomic E-state index is 0.156. The standard InChI is InChI=1S/C14H19FN2OS/c1-9-7-11(5-6-17(9)2)16-14(18)10-3-4-12(15)13(19)8-10/h3-4,8-9,11,19H,5-7H2,1-2H3,(H,16,18). The highest BCUT2D eigenvalue weighted by molar-refractivity contribution is 7.80. The van der Waals surface area contributed by atoms with Gasteiger partial charge >= 0.3 is 0 Å². The highest BCUT2D eigenvalue weighted by Crippen LogP contribution is 2.17. The van der Waals surface area contributed by atoms with E-state index in [4.69, 9.17) is 0 Å². The highest BCUT2D eigenvalue weighted by Gasteiger charge is 2.24. The second-order valence-corrected chi connectivity index (χ2v) is 5.67. The first-order chi connectivity index (χ1) is 8.97. The van der Waals surface area contributed by atoms with Crippen LogP contribution in [0, 0.1) is 5.82 Å². The Hall–Kier alpha value is -1.07. The van der Waals surface area contributed by atoms with Gasteiger partial charge in [-0.25, -0.2) is 4.39 Å². The van der Waals surface area contributed by atoms with Crippen molar-refractivity contribution >= 4 is 18.5 Å². The van der Waals surface area contributed by atoms with Crippen molar-refractivity contribution in [3.05, 3.63) is 29.6 Å². The van der Waals surface area contributed by atoms with E-state index in [1.807, 2.05) is 0 Å². The van der Waals surface area contributed by atoms with Crippen LogP contribution in [-0.2, 0) is 0 Å². The summed E-state index contributed by atoms with van der Waals surface area (Å²) in [5, 5.41) is 3.01. The van der Waals surface area contributed by atoms with E-state index < -0.39 is 5.82 Å².